The predicted molar refractivity (Wildman–Crippen MR) is 71.1 cm³/mol. The van der Waals surface area contributed by atoms with Crippen LogP contribution in [-0.4, -0.2) is 27.8 Å². The van der Waals surface area contributed by atoms with Gasteiger partial charge >= 0.3 is 0 Å². The molecule has 0 aromatic rings. The van der Waals surface area contributed by atoms with E-state index >= 15 is 0 Å². The first-order valence-electron chi connectivity index (χ1n) is 6.23. The Morgan fingerprint density at radius 1 is 1.14 bits per heavy atom. The molecule has 2 fully saturated rings. The lowest BCUT2D eigenvalue weighted by atomic mass is 9.92. The van der Waals surface area contributed by atoms with Crippen molar-refractivity contribution in [3.8, 4) is 0 Å². The summed E-state index contributed by atoms with van der Waals surface area (Å²) in [5.74, 6) is 5.14. The Hall–Kier alpha value is 0.350. The molecule has 2 aliphatic rings. The van der Waals surface area contributed by atoms with Gasteiger partial charge in [0.2, 0.25) is 0 Å². The number of thiol groups is 1. The molecule has 0 N–H and O–H groups in total. The second-order valence-electron chi connectivity index (χ2n) is 7.13. The third kappa shape index (κ3) is 0.847. The third-order valence-corrected chi connectivity index (χ3v) is 16.6. The zero-order valence-corrected chi connectivity index (χ0v) is 11.7. The van der Waals surface area contributed by atoms with E-state index in [0.29, 0.717) is 4.75 Å². The van der Waals surface area contributed by atoms with Gasteiger partial charge in [-0.25, -0.2) is 0 Å². The standard InChI is InChI=1S/C13H28S/c1-10-7-8-14(6,9-10)12(3)11(2)13(14,4)5/h10-12,14H,7-9H2,1-6H3/t10?,11?,12-/m0/s1. The van der Waals surface area contributed by atoms with Gasteiger partial charge in [-0.1, -0.05) is 34.6 Å². The fourth-order valence-electron chi connectivity index (χ4n) is 4.82. The smallest absolute Gasteiger partial charge is 0.0145 e. The number of rotatable bonds is 0. The van der Waals surface area contributed by atoms with Gasteiger partial charge in [0.15, 0.2) is 0 Å². The second kappa shape index (κ2) is 2.53. The first-order valence-corrected chi connectivity index (χ1v) is 9.35. The molecule has 0 radical (unpaired) electrons. The third-order valence-electron chi connectivity index (χ3n) is 6.81. The van der Waals surface area contributed by atoms with Crippen LogP contribution in [0.4, 0.5) is 0 Å². The van der Waals surface area contributed by atoms with Crippen molar-refractivity contribution in [1.82, 2.24) is 0 Å². The Morgan fingerprint density at radius 3 is 2.07 bits per heavy atom. The molecule has 14 heavy (non-hydrogen) atoms. The number of hydrogen-bond acceptors (Lipinski definition) is 0. The summed E-state index contributed by atoms with van der Waals surface area (Å²) in [6.07, 6.45) is 4.23. The van der Waals surface area contributed by atoms with Gasteiger partial charge in [0, 0.05) is 0 Å². The van der Waals surface area contributed by atoms with Crippen molar-refractivity contribution in [3.05, 3.63) is 0 Å². The summed E-state index contributed by atoms with van der Waals surface area (Å²) in [6, 6.07) is 0. The quantitative estimate of drug-likeness (QED) is 0.588. The normalized spacial score (nSPS) is 50.7. The maximum absolute atomic E-state index is 2.72. The van der Waals surface area contributed by atoms with Crippen LogP contribution in [0.5, 0.6) is 0 Å². The Morgan fingerprint density at radius 2 is 1.71 bits per heavy atom. The lowest BCUT2D eigenvalue weighted by molar-refractivity contribution is 0.382. The molecule has 0 aliphatic carbocycles. The highest BCUT2D eigenvalue weighted by molar-refractivity contribution is 8.51. The van der Waals surface area contributed by atoms with Crippen LogP contribution in [0, 0.1) is 11.8 Å². The van der Waals surface area contributed by atoms with Gasteiger partial charge in [-0.15, -0.1) is 0 Å². The first kappa shape index (κ1) is 10.9. The van der Waals surface area contributed by atoms with Crippen molar-refractivity contribution >= 4 is 9.16 Å². The lowest BCUT2D eigenvalue weighted by Gasteiger charge is -2.83. The molecular weight excluding hydrogens is 188 g/mol. The first-order chi connectivity index (χ1) is 6.23. The highest BCUT2D eigenvalue weighted by atomic mass is 32.3. The van der Waals surface area contributed by atoms with E-state index in [2.05, 4.69) is 40.9 Å². The van der Waals surface area contributed by atoms with E-state index in [1.54, 1.807) is 11.5 Å². The van der Waals surface area contributed by atoms with Crippen molar-refractivity contribution in [2.75, 3.05) is 17.8 Å². The molecule has 1 spiro atoms. The van der Waals surface area contributed by atoms with Crippen LogP contribution in [0.1, 0.15) is 41.0 Å². The van der Waals surface area contributed by atoms with Gasteiger partial charge in [0.1, 0.15) is 0 Å². The van der Waals surface area contributed by atoms with Crippen LogP contribution < -0.4 is 0 Å². The molecule has 0 aromatic heterocycles. The van der Waals surface area contributed by atoms with Crippen molar-refractivity contribution in [2.24, 2.45) is 11.8 Å². The average molecular weight is 216 g/mol. The molecule has 0 amide bonds. The molecular formula is C13H28S. The van der Waals surface area contributed by atoms with Crippen LogP contribution in [0.2, 0.25) is 0 Å². The van der Waals surface area contributed by atoms with Gasteiger partial charge in [-0.3, -0.25) is 9.16 Å². The fraction of sp³-hybridized carbons (Fsp3) is 1.00. The van der Waals surface area contributed by atoms with Crippen molar-refractivity contribution in [1.29, 1.82) is 0 Å². The maximum atomic E-state index is 2.72. The zero-order chi connectivity index (χ0) is 10.8. The summed E-state index contributed by atoms with van der Waals surface area (Å²) in [5.41, 5.74) is 0. The van der Waals surface area contributed by atoms with Crippen molar-refractivity contribution < 1.29 is 0 Å². The molecule has 0 nitrogen and oxygen atoms in total. The SMILES string of the molecule is CC1CC[SH]2(C)(C1)[C@@H](C)C(C)C2(C)C. The van der Waals surface area contributed by atoms with E-state index in [4.69, 9.17) is 0 Å². The van der Waals surface area contributed by atoms with E-state index in [1.165, 1.54) is 6.42 Å². The molecule has 0 bridgehead atoms. The largest absolute Gasteiger partial charge is 0.278 e. The van der Waals surface area contributed by atoms with Gasteiger partial charge in [-0.05, 0) is 46.0 Å². The van der Waals surface area contributed by atoms with E-state index in [9.17, 15) is 0 Å². The molecule has 1 heteroatoms. The van der Waals surface area contributed by atoms with E-state index in [0.717, 1.165) is 17.1 Å². The molecule has 86 valence electrons. The summed E-state index contributed by atoms with van der Waals surface area (Å²) in [7, 11) is -1.32. The minimum Gasteiger partial charge on any atom is -0.278 e. The van der Waals surface area contributed by atoms with E-state index in [-0.39, 0.29) is 0 Å². The Kier molecular flexibility index (Phi) is 1.96. The number of hydrogen-bond donors (Lipinski definition) is 1. The molecule has 2 saturated heterocycles. The topological polar surface area (TPSA) is 0 Å². The lowest BCUT2D eigenvalue weighted by Crippen LogP contribution is -2.65. The van der Waals surface area contributed by atoms with Crippen LogP contribution in [0.25, 0.3) is 0 Å². The van der Waals surface area contributed by atoms with Gasteiger partial charge in [0.05, 0.1) is 0 Å². The highest BCUT2D eigenvalue weighted by Crippen LogP contribution is 2.91. The Labute approximate surface area is 90.1 Å². The monoisotopic (exact) mass is 216 g/mol. The summed E-state index contributed by atoms with van der Waals surface area (Å²) >= 11 is 0. The summed E-state index contributed by atoms with van der Waals surface area (Å²) in [4.78, 5) is 0. The van der Waals surface area contributed by atoms with Crippen molar-refractivity contribution in [3.63, 3.8) is 0 Å². The van der Waals surface area contributed by atoms with Gasteiger partial charge in [0.25, 0.3) is 0 Å². The minimum absolute atomic E-state index is 0.676. The Balaban J connectivity index is 2.41. The second-order valence-corrected chi connectivity index (χ2v) is 14.2. The summed E-state index contributed by atoms with van der Waals surface area (Å²) in [5, 5.41) is 1.04. The van der Waals surface area contributed by atoms with E-state index in [1.807, 2.05) is 0 Å². The summed E-state index contributed by atoms with van der Waals surface area (Å²) < 4.78 is 0.676. The fourth-order valence-corrected chi connectivity index (χ4v) is 13.8. The van der Waals surface area contributed by atoms with Crippen molar-refractivity contribution in [2.45, 2.75) is 51.0 Å². The minimum atomic E-state index is -1.32. The molecule has 3 atom stereocenters. The Bertz CT molecular complexity index is 270. The van der Waals surface area contributed by atoms with E-state index < -0.39 is 9.16 Å². The van der Waals surface area contributed by atoms with Crippen LogP contribution in [0.3, 0.4) is 0 Å². The average Bonchev–Trinajstić information content (AvgIpc) is 2.44. The molecule has 2 unspecified atom stereocenters. The molecule has 2 rings (SSSR count). The van der Waals surface area contributed by atoms with Gasteiger partial charge in [-0.2, -0.15) is 0 Å². The molecule has 2 aliphatic heterocycles. The molecule has 0 saturated carbocycles. The van der Waals surface area contributed by atoms with Gasteiger partial charge < -0.3 is 0 Å². The maximum Gasteiger partial charge on any atom is -0.0145 e. The summed E-state index contributed by atoms with van der Waals surface area (Å²) in [6.45, 7) is 12.6. The van der Waals surface area contributed by atoms with Crippen LogP contribution in [0.15, 0.2) is 0 Å². The van der Waals surface area contributed by atoms with Crippen LogP contribution >= 0.6 is 9.16 Å². The predicted octanol–water partition coefficient (Wildman–Crippen LogP) is 3.55. The zero-order valence-electron chi connectivity index (χ0n) is 10.8. The molecule has 0 aromatic carbocycles. The van der Waals surface area contributed by atoms with Crippen LogP contribution in [-0.2, 0) is 0 Å². The molecule has 2 heterocycles. The highest BCUT2D eigenvalue weighted by Gasteiger charge is 2.67.